The van der Waals surface area contributed by atoms with Crippen LogP contribution in [0.1, 0.15) is 120 Å². The van der Waals surface area contributed by atoms with Crippen molar-refractivity contribution in [2.45, 2.75) is 142 Å². The Morgan fingerprint density at radius 1 is 0.848 bits per heavy atom. The van der Waals surface area contributed by atoms with Gasteiger partial charge in [-0.2, -0.15) is 4.31 Å². The third-order valence-electron chi connectivity index (χ3n) is 16.4. The number of rotatable bonds is 35. The number of nitrogens with two attached hydrogens (primary N) is 1. The quantitative estimate of drug-likeness (QED) is 0.0128. The fourth-order valence-corrected chi connectivity index (χ4v) is 12.8. The molecule has 534 valence electrons. The molecule has 0 saturated carbocycles. The summed E-state index contributed by atoms with van der Waals surface area (Å²) < 4.78 is 68.1. The van der Waals surface area contributed by atoms with E-state index in [4.69, 9.17) is 34.4 Å². The monoisotopic (exact) mass is 1410 g/mol. The minimum absolute atomic E-state index is 0.0217. The normalized spacial score (nSPS) is 15.4. The van der Waals surface area contributed by atoms with Crippen molar-refractivity contribution in [3.63, 3.8) is 0 Å². The van der Waals surface area contributed by atoms with Gasteiger partial charge in [-0.1, -0.05) is 76.8 Å². The summed E-state index contributed by atoms with van der Waals surface area (Å²) in [7, 11) is -4.83. The van der Waals surface area contributed by atoms with E-state index in [1.165, 1.54) is 39.7 Å². The molecule has 6 atom stereocenters. The number of nitrogens with zero attached hydrogens (tertiary/aromatic N) is 5. The molecule has 3 unspecified atom stereocenters. The van der Waals surface area contributed by atoms with Crippen LogP contribution in [0.2, 0.25) is 0 Å². The Bertz CT molecular complexity index is 4030. The Labute approximate surface area is 577 Å². The number of hydrogen-bond donors (Lipinski definition) is 7. The number of benzene rings is 2. The molecule has 5 heterocycles. The number of sulfonamides is 1. The fraction of sp³-hybridized carbons (Fsp3) is 0.500. The molecule has 0 spiro atoms. The van der Waals surface area contributed by atoms with Crippen molar-refractivity contribution >= 4 is 85.1 Å². The molecular formula is C68H88N12O17S2. The molecule has 2 aliphatic heterocycles. The maximum atomic E-state index is 14.5. The number of para-hydroxylation sites is 1. The van der Waals surface area contributed by atoms with E-state index in [0.717, 1.165) is 17.2 Å². The molecule has 29 nitrogen and oxygen atoms in total. The first-order valence-electron chi connectivity index (χ1n) is 32.6. The largest absolute Gasteiger partial charge is 0.510 e. The zero-order chi connectivity index (χ0) is 72.1. The molecule has 0 aliphatic carbocycles. The van der Waals surface area contributed by atoms with Crippen LogP contribution in [-0.2, 0) is 105 Å². The SMILES string of the molecule is CC[C@@]1(OC(=O)OCc2ccc(NC(=O)[C@H](CCCNC(N)=O)NC(=O)[C@@H](NC(=O)COCC(=O)NCC(C)COCC(C)CNC(=O)CCCC#Cc3cnc(S(C)=O)nc3)C(C)C)cc2)C(=O)OCc2c1cc1n(c2=O)Cc2c-1nc1ccccc1c2CCN(C(C)C)S(C)(=O)=O. The van der Waals surface area contributed by atoms with Crippen LogP contribution < -0.4 is 43.2 Å². The van der Waals surface area contributed by atoms with Crippen LogP contribution in [0.3, 0.4) is 0 Å². The van der Waals surface area contributed by atoms with Crippen LogP contribution in [-0.4, -0.2) is 167 Å². The van der Waals surface area contributed by atoms with Gasteiger partial charge in [0.1, 0.15) is 38.5 Å². The van der Waals surface area contributed by atoms with Crippen molar-refractivity contribution < 1.29 is 74.7 Å². The number of urea groups is 1. The van der Waals surface area contributed by atoms with E-state index < -0.39 is 105 Å². The van der Waals surface area contributed by atoms with Crippen LogP contribution in [0.15, 0.2) is 76.9 Å². The van der Waals surface area contributed by atoms with Crippen LogP contribution in [0.4, 0.5) is 15.3 Å². The first-order valence-corrected chi connectivity index (χ1v) is 36.0. The standard InChI is InChI=1S/C68H88N12O17S2/c1-10-68(52-29-55-60-50(34-79(55)63(86)51(52)38-95-64(68)87)48(49-18-14-15-19-53(49)76-60)26-28-80(42(4)5)99(9,91)92)97-67(89)96-37-45-22-24-47(25-23-45)75-61(84)54(20-16-27-70-65(69)88)77-62(85)59(41(2)3)78-58(83)40-94-39-57(82)72-31-44(7)36-93-35-43(6)30-71-56(81)21-13-11-12-17-46-32-73-66(74-33-46)98(8)90/h14-15,18-19,22-25,29,32-33,41-44,54,59H,10-11,13,16,20-21,26-28,30-31,34-40H2,1-9H3,(H,71,81)(H,72,82)(H,75,84)(H,77,85)(H,78,83)(H3,69,70,88)/t43?,44?,54-,59-,68-,98?/m0/s1. The number of amides is 7. The van der Waals surface area contributed by atoms with Crippen LogP contribution >= 0.6 is 0 Å². The van der Waals surface area contributed by atoms with Gasteiger partial charge in [-0.15, -0.1) is 0 Å². The van der Waals surface area contributed by atoms with E-state index in [9.17, 15) is 55.8 Å². The average Bonchev–Trinajstić information content (AvgIpc) is 1.64. The van der Waals surface area contributed by atoms with Crippen LogP contribution in [0.5, 0.6) is 0 Å². The van der Waals surface area contributed by atoms with Gasteiger partial charge in [0, 0.05) is 85.9 Å². The molecule has 0 saturated heterocycles. The number of carbonyl (C=O) groups is 8. The van der Waals surface area contributed by atoms with Crippen molar-refractivity contribution in [1.82, 2.24) is 50.4 Å². The second kappa shape index (κ2) is 36.0. The molecule has 2 aromatic carbocycles. The lowest BCUT2D eigenvalue weighted by Crippen LogP contribution is -2.55. The van der Waals surface area contributed by atoms with Crippen LogP contribution in [0, 0.1) is 29.6 Å². The molecule has 7 rings (SSSR count). The van der Waals surface area contributed by atoms with Crippen molar-refractivity contribution in [1.29, 1.82) is 0 Å². The number of fused-ring (bicyclic) bond motifs is 5. The van der Waals surface area contributed by atoms with E-state index in [1.54, 1.807) is 52.8 Å². The van der Waals surface area contributed by atoms with Gasteiger partial charge in [-0.25, -0.2) is 37.8 Å². The van der Waals surface area contributed by atoms with Gasteiger partial charge in [0.25, 0.3) is 5.56 Å². The summed E-state index contributed by atoms with van der Waals surface area (Å²) in [6.07, 6.45) is 6.21. The molecule has 5 aromatic rings. The highest BCUT2D eigenvalue weighted by atomic mass is 32.2. The van der Waals surface area contributed by atoms with Crippen molar-refractivity contribution in [3.05, 3.63) is 111 Å². The summed E-state index contributed by atoms with van der Waals surface area (Å²) in [6, 6.07) is 11.7. The third-order valence-corrected chi connectivity index (χ3v) is 18.5. The third kappa shape index (κ3) is 21.6. The molecule has 0 bridgehead atoms. The molecular weight excluding hydrogens is 1320 g/mol. The van der Waals surface area contributed by atoms with E-state index >= 15 is 0 Å². The first kappa shape index (κ1) is 77.1. The van der Waals surface area contributed by atoms with Crippen molar-refractivity contribution in [3.8, 4) is 23.2 Å². The molecule has 99 heavy (non-hydrogen) atoms. The number of anilines is 1. The molecule has 0 radical (unpaired) electrons. The summed E-state index contributed by atoms with van der Waals surface area (Å²) in [5.41, 5.74) is 7.17. The maximum absolute atomic E-state index is 14.5. The fourth-order valence-electron chi connectivity index (χ4n) is 11.2. The lowest BCUT2D eigenvalue weighted by Gasteiger charge is -2.35. The Balaban J connectivity index is 0.863. The van der Waals surface area contributed by atoms with Gasteiger partial charge in [0.2, 0.25) is 50.3 Å². The zero-order valence-corrected chi connectivity index (χ0v) is 58.7. The van der Waals surface area contributed by atoms with E-state index in [0.29, 0.717) is 79.0 Å². The Kier molecular flexibility index (Phi) is 28.1. The topological polar surface area (TPSA) is 396 Å². The summed E-state index contributed by atoms with van der Waals surface area (Å²) in [5.74, 6) is 1.81. The van der Waals surface area contributed by atoms with Gasteiger partial charge in [0.05, 0.1) is 64.8 Å². The molecule has 8 N–H and O–H groups in total. The minimum atomic E-state index is -3.56. The summed E-state index contributed by atoms with van der Waals surface area (Å²) in [4.78, 5) is 132. The van der Waals surface area contributed by atoms with Crippen molar-refractivity contribution in [2.24, 2.45) is 23.5 Å². The van der Waals surface area contributed by atoms with Gasteiger partial charge in [-0.05, 0) is 99.1 Å². The number of carbonyl (C=O) groups excluding carboxylic acids is 8. The maximum Gasteiger partial charge on any atom is 0.510 e. The van der Waals surface area contributed by atoms with Gasteiger partial charge in [0.15, 0.2) is 0 Å². The number of pyridine rings is 2. The highest BCUT2D eigenvalue weighted by Gasteiger charge is 2.51. The minimum Gasteiger partial charge on any atom is -0.457 e. The number of esters is 1. The van der Waals surface area contributed by atoms with E-state index in [-0.39, 0.29) is 104 Å². The summed E-state index contributed by atoms with van der Waals surface area (Å²) in [6.45, 7) is 12.3. The van der Waals surface area contributed by atoms with Crippen LogP contribution in [0.25, 0.3) is 22.3 Å². The second-order valence-electron chi connectivity index (χ2n) is 25.0. The molecule has 0 fully saturated rings. The highest BCUT2D eigenvalue weighted by molar-refractivity contribution is 7.88. The van der Waals surface area contributed by atoms with Crippen molar-refractivity contribution in [2.75, 3.05) is 70.4 Å². The number of ether oxygens (including phenoxy) is 5. The summed E-state index contributed by atoms with van der Waals surface area (Å²) in [5, 5.41) is 17.2. The molecule has 3 aromatic heterocycles. The predicted octanol–water partition coefficient (Wildman–Crippen LogP) is 3.95. The highest BCUT2D eigenvalue weighted by Crippen LogP contribution is 2.42. The van der Waals surface area contributed by atoms with Gasteiger partial charge in [-0.3, -0.25) is 33.0 Å². The van der Waals surface area contributed by atoms with E-state index in [2.05, 4.69) is 53.7 Å². The predicted molar refractivity (Wildman–Crippen MR) is 366 cm³/mol. The Morgan fingerprint density at radius 2 is 1.53 bits per heavy atom. The number of primary amides is 1. The van der Waals surface area contributed by atoms with Gasteiger partial charge < -0.3 is 65.9 Å². The zero-order valence-electron chi connectivity index (χ0n) is 57.1. The summed E-state index contributed by atoms with van der Waals surface area (Å²) >= 11 is 0. The first-order chi connectivity index (χ1) is 47.1. The molecule has 7 amide bonds. The smallest absolute Gasteiger partial charge is 0.457 e. The number of nitrogens with one attached hydrogen (secondary N) is 6. The Hall–Kier alpha value is -9.22. The number of unbranched alkanes of at least 4 members (excludes halogenated alkanes) is 1. The average molecular weight is 1410 g/mol. The van der Waals surface area contributed by atoms with Gasteiger partial charge >= 0.3 is 18.2 Å². The molecule has 31 heteroatoms. The Morgan fingerprint density at radius 3 is 2.17 bits per heavy atom. The van der Waals surface area contributed by atoms with E-state index in [1.807, 2.05) is 38.1 Å². The number of hydrogen-bond acceptors (Lipinski definition) is 20. The number of cyclic esters (lactones) is 1. The number of aromatic nitrogens is 4. The lowest BCUT2D eigenvalue weighted by molar-refractivity contribution is -0.175. The second-order valence-corrected chi connectivity index (χ2v) is 28.3. The lowest BCUT2D eigenvalue weighted by atomic mass is 9.85. The molecule has 2 aliphatic rings.